The van der Waals surface area contributed by atoms with Crippen LogP contribution in [0.3, 0.4) is 0 Å². The van der Waals surface area contributed by atoms with Crippen molar-refractivity contribution in [3.8, 4) is 11.6 Å². The van der Waals surface area contributed by atoms with Crippen LogP contribution in [0.25, 0.3) is 0 Å². The van der Waals surface area contributed by atoms with Crippen molar-refractivity contribution >= 4 is 33.3 Å². The van der Waals surface area contributed by atoms with Gasteiger partial charge in [-0.05, 0) is 55.7 Å². The summed E-state index contributed by atoms with van der Waals surface area (Å²) < 4.78 is 6.98. The van der Waals surface area contributed by atoms with Crippen molar-refractivity contribution in [3.63, 3.8) is 0 Å². The number of nitrogens with one attached hydrogen (secondary N) is 1. The SMILES string of the molecule is Cc1cc(NC(=O)[C@H]2CCCN(c3nccnc3Oc3ccccc3)C2)ccc1Br. The quantitative estimate of drug-likeness (QED) is 0.559. The number of para-hydroxylation sites is 1. The lowest BCUT2D eigenvalue weighted by molar-refractivity contribution is -0.120. The Hall–Kier alpha value is -2.93. The van der Waals surface area contributed by atoms with Crippen molar-refractivity contribution in [2.45, 2.75) is 19.8 Å². The molecule has 2 heterocycles. The number of hydrogen-bond acceptors (Lipinski definition) is 5. The summed E-state index contributed by atoms with van der Waals surface area (Å²) in [6.07, 6.45) is 5.01. The van der Waals surface area contributed by atoms with Gasteiger partial charge in [0.05, 0.1) is 5.92 Å². The number of benzene rings is 2. The highest BCUT2D eigenvalue weighted by atomic mass is 79.9. The van der Waals surface area contributed by atoms with Gasteiger partial charge in [-0.1, -0.05) is 34.1 Å². The monoisotopic (exact) mass is 466 g/mol. The van der Waals surface area contributed by atoms with E-state index in [1.165, 1.54) is 0 Å². The zero-order valence-electron chi connectivity index (χ0n) is 16.7. The topological polar surface area (TPSA) is 67.4 Å². The minimum Gasteiger partial charge on any atom is -0.436 e. The van der Waals surface area contributed by atoms with Crippen LogP contribution in [0.15, 0.2) is 65.4 Å². The Morgan fingerprint density at radius 1 is 1.17 bits per heavy atom. The van der Waals surface area contributed by atoms with Gasteiger partial charge in [0.1, 0.15) is 5.75 Å². The van der Waals surface area contributed by atoms with Gasteiger partial charge in [-0.3, -0.25) is 4.79 Å². The molecule has 1 atom stereocenters. The number of aryl methyl sites for hydroxylation is 1. The molecule has 1 amide bonds. The number of nitrogens with zero attached hydrogens (tertiary/aromatic N) is 3. The summed E-state index contributed by atoms with van der Waals surface area (Å²) >= 11 is 3.49. The van der Waals surface area contributed by atoms with Crippen LogP contribution in [0.5, 0.6) is 11.6 Å². The molecule has 1 aliphatic rings. The second kappa shape index (κ2) is 9.26. The molecule has 1 aliphatic heterocycles. The average Bonchev–Trinajstić information content (AvgIpc) is 2.77. The third-order valence-electron chi connectivity index (χ3n) is 5.12. The van der Waals surface area contributed by atoms with Crippen molar-refractivity contribution in [1.29, 1.82) is 0 Å². The Bertz CT molecular complexity index is 1030. The molecular formula is C23H23BrN4O2. The molecule has 0 saturated carbocycles. The highest BCUT2D eigenvalue weighted by Crippen LogP contribution is 2.31. The van der Waals surface area contributed by atoms with E-state index in [-0.39, 0.29) is 11.8 Å². The van der Waals surface area contributed by atoms with E-state index in [0.717, 1.165) is 35.1 Å². The third-order valence-corrected chi connectivity index (χ3v) is 6.01. The molecule has 0 radical (unpaired) electrons. The number of carbonyl (C=O) groups excluding carboxylic acids is 1. The van der Waals surface area contributed by atoms with E-state index in [4.69, 9.17) is 4.74 Å². The summed E-state index contributed by atoms with van der Waals surface area (Å²) in [5.41, 5.74) is 1.89. The Kier molecular flexibility index (Phi) is 6.28. The van der Waals surface area contributed by atoms with Gasteiger partial charge in [0, 0.05) is 35.6 Å². The van der Waals surface area contributed by atoms with Crippen LogP contribution in [0.1, 0.15) is 18.4 Å². The Labute approximate surface area is 184 Å². The van der Waals surface area contributed by atoms with Crippen LogP contribution in [-0.2, 0) is 4.79 Å². The molecule has 0 spiro atoms. The summed E-state index contributed by atoms with van der Waals surface area (Å²) in [7, 11) is 0. The maximum Gasteiger partial charge on any atom is 0.263 e. The second-order valence-electron chi connectivity index (χ2n) is 7.34. The van der Waals surface area contributed by atoms with Gasteiger partial charge in [-0.25, -0.2) is 9.97 Å². The standard InChI is InChI=1S/C23H23BrN4O2/c1-16-14-18(9-10-20(16)24)27-22(29)17-6-5-13-28(15-17)21-23(26-12-11-25-21)30-19-7-3-2-4-8-19/h2-4,7-12,14,17H,5-6,13,15H2,1H3,(H,27,29)/t17-/m0/s1. The molecule has 3 aromatic rings. The fourth-order valence-electron chi connectivity index (χ4n) is 3.56. The van der Waals surface area contributed by atoms with E-state index < -0.39 is 0 Å². The van der Waals surface area contributed by atoms with Gasteiger partial charge in [-0.2, -0.15) is 0 Å². The molecule has 154 valence electrons. The van der Waals surface area contributed by atoms with Crippen molar-refractivity contribution in [2.24, 2.45) is 5.92 Å². The van der Waals surface area contributed by atoms with E-state index in [1.807, 2.05) is 55.5 Å². The third kappa shape index (κ3) is 4.79. The number of aromatic nitrogens is 2. The van der Waals surface area contributed by atoms with Crippen LogP contribution in [0.2, 0.25) is 0 Å². The van der Waals surface area contributed by atoms with Crippen molar-refractivity contribution in [1.82, 2.24) is 9.97 Å². The lowest BCUT2D eigenvalue weighted by Crippen LogP contribution is -2.41. The second-order valence-corrected chi connectivity index (χ2v) is 8.19. The van der Waals surface area contributed by atoms with E-state index in [2.05, 4.69) is 36.1 Å². The first-order valence-electron chi connectivity index (χ1n) is 9.96. The minimum atomic E-state index is -0.130. The number of halogens is 1. The number of anilines is 2. The van der Waals surface area contributed by atoms with Crippen molar-refractivity contribution < 1.29 is 9.53 Å². The molecule has 1 saturated heterocycles. The molecule has 1 fully saturated rings. The lowest BCUT2D eigenvalue weighted by Gasteiger charge is -2.33. The van der Waals surface area contributed by atoms with Gasteiger partial charge < -0.3 is 15.0 Å². The molecule has 0 aliphatic carbocycles. The Morgan fingerprint density at radius 3 is 2.77 bits per heavy atom. The number of ether oxygens (including phenoxy) is 1. The number of carbonyl (C=O) groups is 1. The van der Waals surface area contributed by atoms with Crippen LogP contribution in [0, 0.1) is 12.8 Å². The van der Waals surface area contributed by atoms with Gasteiger partial charge in [-0.15, -0.1) is 0 Å². The van der Waals surface area contributed by atoms with Crippen molar-refractivity contribution in [3.05, 3.63) is 71.0 Å². The largest absolute Gasteiger partial charge is 0.436 e. The summed E-state index contributed by atoms with van der Waals surface area (Å²) in [6.45, 7) is 3.39. The fraction of sp³-hybridized carbons (Fsp3) is 0.261. The summed E-state index contributed by atoms with van der Waals surface area (Å²) in [5, 5.41) is 3.05. The predicted molar refractivity (Wildman–Crippen MR) is 121 cm³/mol. The Balaban J connectivity index is 1.47. The normalized spacial score (nSPS) is 16.2. The van der Waals surface area contributed by atoms with Crippen LogP contribution < -0.4 is 15.0 Å². The maximum absolute atomic E-state index is 12.9. The Morgan fingerprint density at radius 2 is 1.97 bits per heavy atom. The van der Waals surface area contributed by atoms with E-state index in [9.17, 15) is 4.79 Å². The molecular weight excluding hydrogens is 444 g/mol. The summed E-state index contributed by atoms with van der Waals surface area (Å²) in [6, 6.07) is 15.3. The smallest absolute Gasteiger partial charge is 0.263 e. The van der Waals surface area contributed by atoms with E-state index in [1.54, 1.807) is 12.4 Å². The zero-order valence-corrected chi connectivity index (χ0v) is 18.3. The number of hydrogen-bond donors (Lipinski definition) is 1. The molecule has 4 rings (SSSR count). The maximum atomic E-state index is 12.9. The molecule has 0 bridgehead atoms. The van der Waals surface area contributed by atoms with Gasteiger partial charge in [0.25, 0.3) is 5.88 Å². The first-order chi connectivity index (χ1) is 14.6. The molecule has 0 unspecified atom stereocenters. The lowest BCUT2D eigenvalue weighted by atomic mass is 9.97. The molecule has 2 aromatic carbocycles. The minimum absolute atomic E-state index is 0.0239. The number of amides is 1. The fourth-order valence-corrected chi connectivity index (χ4v) is 3.80. The summed E-state index contributed by atoms with van der Waals surface area (Å²) in [5.74, 6) is 1.72. The molecule has 6 nitrogen and oxygen atoms in total. The van der Waals surface area contributed by atoms with Crippen LogP contribution in [-0.4, -0.2) is 29.0 Å². The van der Waals surface area contributed by atoms with Gasteiger partial charge in [0.2, 0.25) is 5.91 Å². The summed E-state index contributed by atoms with van der Waals surface area (Å²) in [4.78, 5) is 23.9. The zero-order chi connectivity index (χ0) is 20.9. The number of piperidine rings is 1. The van der Waals surface area contributed by atoms with Crippen LogP contribution >= 0.6 is 15.9 Å². The molecule has 30 heavy (non-hydrogen) atoms. The average molecular weight is 467 g/mol. The van der Waals surface area contributed by atoms with Crippen molar-refractivity contribution in [2.75, 3.05) is 23.3 Å². The predicted octanol–water partition coefficient (Wildman–Crippen LogP) is 5.19. The highest BCUT2D eigenvalue weighted by molar-refractivity contribution is 9.10. The van der Waals surface area contributed by atoms with E-state index in [0.29, 0.717) is 24.0 Å². The number of rotatable bonds is 5. The van der Waals surface area contributed by atoms with Crippen LogP contribution in [0.4, 0.5) is 11.5 Å². The van der Waals surface area contributed by atoms with E-state index >= 15 is 0 Å². The molecule has 7 heteroatoms. The molecule has 1 aromatic heterocycles. The first kappa shape index (κ1) is 20.3. The van der Waals surface area contributed by atoms with Gasteiger partial charge in [0.15, 0.2) is 5.82 Å². The highest BCUT2D eigenvalue weighted by Gasteiger charge is 2.28. The molecule has 1 N–H and O–H groups in total. The van der Waals surface area contributed by atoms with Gasteiger partial charge >= 0.3 is 0 Å². The first-order valence-corrected chi connectivity index (χ1v) is 10.8.